The molecular formula is C8H6BrFN2. The second kappa shape index (κ2) is 2.55. The van der Waals surface area contributed by atoms with Crippen LogP contribution in [0, 0.1) is 12.7 Å². The quantitative estimate of drug-likeness (QED) is 0.634. The molecule has 12 heavy (non-hydrogen) atoms. The molecule has 2 heterocycles. The zero-order valence-electron chi connectivity index (χ0n) is 6.38. The summed E-state index contributed by atoms with van der Waals surface area (Å²) >= 11 is 3.12. The average molecular weight is 229 g/mol. The summed E-state index contributed by atoms with van der Waals surface area (Å²) in [6.45, 7) is 1.94. The van der Waals surface area contributed by atoms with Gasteiger partial charge in [0.05, 0.1) is 11.7 Å². The van der Waals surface area contributed by atoms with Crippen molar-refractivity contribution in [1.29, 1.82) is 0 Å². The van der Waals surface area contributed by atoms with Crippen molar-refractivity contribution >= 4 is 21.4 Å². The van der Waals surface area contributed by atoms with E-state index >= 15 is 0 Å². The molecule has 0 fully saturated rings. The molecule has 0 spiro atoms. The average Bonchev–Trinajstić information content (AvgIpc) is 2.41. The maximum absolute atomic E-state index is 13.0. The molecule has 4 heteroatoms. The highest BCUT2D eigenvalue weighted by molar-refractivity contribution is 9.10. The van der Waals surface area contributed by atoms with Gasteiger partial charge in [-0.05, 0) is 40.5 Å². The van der Waals surface area contributed by atoms with Gasteiger partial charge in [-0.25, -0.2) is 8.91 Å². The summed E-state index contributed by atoms with van der Waals surface area (Å²) in [6.07, 6.45) is 1.71. The van der Waals surface area contributed by atoms with E-state index in [9.17, 15) is 4.39 Å². The third-order valence-electron chi connectivity index (χ3n) is 1.77. The lowest BCUT2D eigenvalue weighted by Crippen LogP contribution is -1.92. The number of hydrogen-bond acceptors (Lipinski definition) is 1. The Morgan fingerprint density at radius 3 is 3.00 bits per heavy atom. The van der Waals surface area contributed by atoms with Gasteiger partial charge in [-0.15, -0.1) is 0 Å². The molecule has 0 aliphatic rings. The van der Waals surface area contributed by atoms with Crippen molar-refractivity contribution in [3.8, 4) is 0 Å². The maximum Gasteiger partial charge on any atom is 0.156 e. The highest BCUT2D eigenvalue weighted by Gasteiger charge is 2.06. The highest BCUT2D eigenvalue weighted by atomic mass is 79.9. The number of aromatic nitrogens is 2. The zero-order valence-corrected chi connectivity index (χ0v) is 7.97. The van der Waals surface area contributed by atoms with Gasteiger partial charge in [0.1, 0.15) is 4.60 Å². The van der Waals surface area contributed by atoms with E-state index in [1.165, 1.54) is 10.6 Å². The summed E-state index contributed by atoms with van der Waals surface area (Å²) in [4.78, 5) is 0. The fraction of sp³-hybridized carbons (Fsp3) is 0.125. The predicted molar refractivity (Wildman–Crippen MR) is 47.6 cm³/mol. The van der Waals surface area contributed by atoms with Crippen LogP contribution in [0.25, 0.3) is 5.52 Å². The van der Waals surface area contributed by atoms with Crippen LogP contribution in [0.3, 0.4) is 0 Å². The Labute approximate surface area is 77.1 Å². The van der Waals surface area contributed by atoms with Gasteiger partial charge in [-0.3, -0.25) is 0 Å². The number of nitrogens with zero attached hydrogens (tertiary/aromatic N) is 2. The van der Waals surface area contributed by atoms with Crippen molar-refractivity contribution in [2.45, 2.75) is 6.92 Å². The first-order valence-electron chi connectivity index (χ1n) is 3.48. The highest BCUT2D eigenvalue weighted by Crippen LogP contribution is 2.19. The normalized spacial score (nSPS) is 10.9. The van der Waals surface area contributed by atoms with Gasteiger partial charge < -0.3 is 0 Å². The summed E-state index contributed by atoms with van der Waals surface area (Å²) in [5.41, 5.74) is 1.96. The second-order valence-corrected chi connectivity index (χ2v) is 3.35. The molecule has 0 aliphatic heterocycles. The van der Waals surface area contributed by atoms with Gasteiger partial charge in [0.15, 0.2) is 5.82 Å². The first-order valence-corrected chi connectivity index (χ1v) is 4.28. The number of fused-ring (bicyclic) bond motifs is 1. The minimum Gasteiger partial charge on any atom is -0.223 e. The Hall–Kier alpha value is -0.900. The van der Waals surface area contributed by atoms with E-state index in [2.05, 4.69) is 21.0 Å². The molecule has 0 saturated heterocycles. The summed E-state index contributed by atoms with van der Waals surface area (Å²) in [5.74, 6) is -0.300. The van der Waals surface area contributed by atoms with E-state index in [0.717, 1.165) is 11.1 Å². The Balaban J connectivity index is 2.93. The maximum atomic E-state index is 13.0. The van der Waals surface area contributed by atoms with E-state index in [-0.39, 0.29) is 5.82 Å². The molecule has 0 bridgehead atoms. The Kier molecular flexibility index (Phi) is 1.65. The monoisotopic (exact) mass is 228 g/mol. The van der Waals surface area contributed by atoms with Crippen LogP contribution in [-0.2, 0) is 0 Å². The first-order chi connectivity index (χ1) is 5.70. The lowest BCUT2D eigenvalue weighted by molar-refractivity contribution is 0.604. The molecule has 0 unspecified atom stereocenters. The summed E-state index contributed by atoms with van der Waals surface area (Å²) in [6, 6.07) is 3.14. The Morgan fingerprint density at radius 1 is 1.50 bits per heavy atom. The van der Waals surface area contributed by atoms with Gasteiger partial charge in [-0.2, -0.15) is 5.10 Å². The lowest BCUT2D eigenvalue weighted by Gasteiger charge is -1.98. The smallest absolute Gasteiger partial charge is 0.156 e. The Bertz CT molecular complexity index is 436. The molecule has 0 atom stereocenters. The van der Waals surface area contributed by atoms with E-state index in [4.69, 9.17) is 0 Å². The van der Waals surface area contributed by atoms with Crippen LogP contribution in [0.1, 0.15) is 5.56 Å². The zero-order chi connectivity index (χ0) is 8.72. The molecule has 2 nitrogen and oxygen atoms in total. The fourth-order valence-corrected chi connectivity index (χ4v) is 1.54. The molecule has 0 aromatic carbocycles. The minimum atomic E-state index is -0.300. The Morgan fingerprint density at radius 2 is 2.25 bits per heavy atom. The van der Waals surface area contributed by atoms with Crippen LogP contribution >= 0.6 is 15.9 Å². The molecule has 2 rings (SSSR count). The van der Waals surface area contributed by atoms with Crippen LogP contribution in [0.15, 0.2) is 22.9 Å². The number of pyridine rings is 1. The lowest BCUT2D eigenvalue weighted by atomic mass is 10.3. The van der Waals surface area contributed by atoms with Crippen molar-refractivity contribution in [2.75, 3.05) is 0 Å². The topological polar surface area (TPSA) is 17.3 Å². The van der Waals surface area contributed by atoms with Gasteiger partial charge in [0, 0.05) is 0 Å². The van der Waals surface area contributed by atoms with E-state index < -0.39 is 0 Å². The van der Waals surface area contributed by atoms with Gasteiger partial charge in [0.2, 0.25) is 0 Å². The molecule has 2 aromatic heterocycles. The standard InChI is InChI=1S/C8H6BrFN2/c1-5-4-11-12-7(5)3-2-6(10)8(12)9/h2-4H,1H3. The van der Waals surface area contributed by atoms with Crippen LogP contribution in [0.5, 0.6) is 0 Å². The number of halogens is 2. The molecular weight excluding hydrogens is 223 g/mol. The second-order valence-electron chi connectivity index (χ2n) is 2.60. The van der Waals surface area contributed by atoms with E-state index in [1.807, 2.05) is 6.92 Å². The molecule has 0 N–H and O–H groups in total. The van der Waals surface area contributed by atoms with E-state index in [0.29, 0.717) is 4.60 Å². The number of hydrogen-bond donors (Lipinski definition) is 0. The van der Waals surface area contributed by atoms with Gasteiger partial charge >= 0.3 is 0 Å². The molecule has 0 saturated carbocycles. The SMILES string of the molecule is Cc1cnn2c(Br)c(F)ccc12. The van der Waals surface area contributed by atoms with Crippen molar-refractivity contribution in [3.05, 3.63) is 34.3 Å². The van der Waals surface area contributed by atoms with Crippen LogP contribution < -0.4 is 0 Å². The molecule has 0 radical (unpaired) electrons. The predicted octanol–water partition coefficient (Wildman–Crippen LogP) is 2.54. The fourth-order valence-electron chi connectivity index (χ4n) is 1.12. The van der Waals surface area contributed by atoms with Crippen molar-refractivity contribution in [2.24, 2.45) is 0 Å². The summed E-state index contributed by atoms with van der Waals surface area (Å²) in [7, 11) is 0. The molecule has 62 valence electrons. The largest absolute Gasteiger partial charge is 0.223 e. The minimum absolute atomic E-state index is 0.300. The van der Waals surface area contributed by atoms with Crippen molar-refractivity contribution in [1.82, 2.24) is 9.61 Å². The number of rotatable bonds is 0. The first kappa shape index (κ1) is 7.73. The van der Waals surface area contributed by atoms with Gasteiger partial charge in [-0.1, -0.05) is 0 Å². The van der Waals surface area contributed by atoms with Crippen LogP contribution in [-0.4, -0.2) is 9.61 Å². The van der Waals surface area contributed by atoms with Crippen LogP contribution in [0.2, 0.25) is 0 Å². The van der Waals surface area contributed by atoms with Gasteiger partial charge in [0.25, 0.3) is 0 Å². The summed E-state index contributed by atoms with van der Waals surface area (Å²) in [5, 5.41) is 4.01. The number of aryl methyl sites for hydroxylation is 1. The third-order valence-corrected chi connectivity index (χ3v) is 2.48. The van der Waals surface area contributed by atoms with Crippen molar-refractivity contribution < 1.29 is 4.39 Å². The van der Waals surface area contributed by atoms with Crippen molar-refractivity contribution in [3.63, 3.8) is 0 Å². The third kappa shape index (κ3) is 0.948. The van der Waals surface area contributed by atoms with E-state index in [1.54, 1.807) is 12.3 Å². The summed E-state index contributed by atoms with van der Waals surface area (Å²) < 4.78 is 14.9. The molecule has 2 aromatic rings. The molecule has 0 aliphatic carbocycles. The van der Waals surface area contributed by atoms with Crippen LogP contribution in [0.4, 0.5) is 4.39 Å². The molecule has 0 amide bonds.